The van der Waals surface area contributed by atoms with E-state index in [0.29, 0.717) is 26.3 Å². The van der Waals surface area contributed by atoms with Crippen LogP contribution in [0.1, 0.15) is 5.56 Å². The van der Waals surface area contributed by atoms with Gasteiger partial charge in [-0.15, -0.1) is 12.4 Å². The van der Waals surface area contributed by atoms with Crippen molar-refractivity contribution in [3.8, 4) is 0 Å². The fourth-order valence-corrected chi connectivity index (χ4v) is 2.65. The maximum Gasteiger partial charge on any atom is 0.243 e. The monoisotopic (exact) mass is 347 g/mol. The summed E-state index contributed by atoms with van der Waals surface area (Å²) in [5, 5.41) is 2.87. The zero-order valence-corrected chi connectivity index (χ0v) is 14.2. The van der Waals surface area contributed by atoms with Crippen molar-refractivity contribution in [2.75, 3.05) is 29.9 Å². The van der Waals surface area contributed by atoms with Crippen molar-refractivity contribution in [2.24, 2.45) is 5.73 Å². The van der Waals surface area contributed by atoms with Gasteiger partial charge in [-0.05, 0) is 17.7 Å². The van der Waals surface area contributed by atoms with Crippen molar-refractivity contribution in [1.29, 1.82) is 0 Å². The maximum atomic E-state index is 11.9. The van der Waals surface area contributed by atoms with Crippen molar-refractivity contribution < 1.29 is 9.53 Å². The number of para-hydroxylation sites is 2. The molecule has 3 rings (SSSR count). The van der Waals surface area contributed by atoms with E-state index in [1.807, 2.05) is 54.6 Å². The van der Waals surface area contributed by atoms with Crippen molar-refractivity contribution in [2.45, 2.75) is 12.6 Å². The van der Waals surface area contributed by atoms with Crippen LogP contribution in [-0.2, 0) is 16.1 Å². The molecule has 1 aliphatic heterocycles. The molecule has 2 aromatic rings. The number of hydrogen-bond acceptors (Lipinski definition) is 4. The highest BCUT2D eigenvalue weighted by Gasteiger charge is 2.24. The van der Waals surface area contributed by atoms with Gasteiger partial charge in [-0.2, -0.15) is 0 Å². The predicted molar refractivity (Wildman–Crippen MR) is 98.6 cm³/mol. The summed E-state index contributed by atoms with van der Waals surface area (Å²) in [6.07, 6.45) is 0. The Balaban J connectivity index is 0.00000208. The van der Waals surface area contributed by atoms with Gasteiger partial charge in [0, 0.05) is 13.1 Å². The fourth-order valence-electron chi connectivity index (χ4n) is 2.65. The smallest absolute Gasteiger partial charge is 0.243 e. The maximum absolute atomic E-state index is 11.9. The molecule has 5 nitrogen and oxygen atoms in total. The quantitative estimate of drug-likeness (QED) is 0.815. The van der Waals surface area contributed by atoms with Gasteiger partial charge in [0.25, 0.3) is 0 Å². The number of carbonyl (C=O) groups is 1. The third-order valence-electron chi connectivity index (χ3n) is 3.87. The molecular weight excluding hydrogens is 326 g/mol. The minimum atomic E-state index is -0.545. The van der Waals surface area contributed by atoms with Crippen LogP contribution in [0.5, 0.6) is 0 Å². The lowest BCUT2D eigenvalue weighted by Gasteiger charge is -2.25. The highest BCUT2D eigenvalue weighted by atomic mass is 35.5. The van der Waals surface area contributed by atoms with E-state index in [-0.39, 0.29) is 18.3 Å². The molecule has 1 heterocycles. The van der Waals surface area contributed by atoms with Gasteiger partial charge in [0.05, 0.1) is 24.6 Å². The Labute approximate surface area is 148 Å². The van der Waals surface area contributed by atoms with E-state index >= 15 is 0 Å². The van der Waals surface area contributed by atoms with Crippen LogP contribution in [0.3, 0.4) is 0 Å². The topological polar surface area (TPSA) is 67.6 Å². The van der Waals surface area contributed by atoms with Gasteiger partial charge in [-0.3, -0.25) is 4.79 Å². The van der Waals surface area contributed by atoms with Crippen molar-refractivity contribution in [1.82, 2.24) is 0 Å². The molecule has 1 aliphatic rings. The van der Waals surface area contributed by atoms with Gasteiger partial charge in [0.1, 0.15) is 6.04 Å². The number of halogens is 1. The van der Waals surface area contributed by atoms with Gasteiger partial charge in [-0.25, -0.2) is 0 Å². The Morgan fingerprint density at radius 3 is 2.62 bits per heavy atom. The number of anilines is 2. The van der Waals surface area contributed by atoms with Gasteiger partial charge >= 0.3 is 0 Å². The van der Waals surface area contributed by atoms with Crippen LogP contribution in [0.2, 0.25) is 0 Å². The lowest BCUT2D eigenvalue weighted by Crippen LogP contribution is -2.44. The van der Waals surface area contributed by atoms with Gasteiger partial charge < -0.3 is 20.7 Å². The molecule has 0 bridgehead atoms. The van der Waals surface area contributed by atoms with Crippen LogP contribution in [0.4, 0.5) is 11.4 Å². The first-order chi connectivity index (χ1) is 11.2. The molecule has 0 radical (unpaired) electrons. The molecule has 0 fully saturated rings. The molecule has 0 saturated carbocycles. The first-order valence-corrected chi connectivity index (χ1v) is 7.76. The van der Waals surface area contributed by atoms with Crippen LogP contribution in [0.15, 0.2) is 54.6 Å². The summed E-state index contributed by atoms with van der Waals surface area (Å²) in [5.41, 5.74) is 8.88. The van der Waals surface area contributed by atoms with E-state index in [0.717, 1.165) is 16.9 Å². The summed E-state index contributed by atoms with van der Waals surface area (Å²) < 4.78 is 5.75. The van der Waals surface area contributed by atoms with E-state index < -0.39 is 6.04 Å². The van der Waals surface area contributed by atoms with Crippen molar-refractivity contribution >= 4 is 29.7 Å². The van der Waals surface area contributed by atoms with Gasteiger partial charge in [-0.1, -0.05) is 42.5 Å². The average molecular weight is 348 g/mol. The highest BCUT2D eigenvalue weighted by Crippen LogP contribution is 2.27. The number of nitrogens with two attached hydrogens (primary N) is 1. The molecule has 1 amide bonds. The Bertz CT molecular complexity index is 666. The fraction of sp³-hybridized carbons (Fsp3) is 0.278. The zero-order chi connectivity index (χ0) is 16.1. The Hall–Kier alpha value is -2.08. The highest BCUT2D eigenvalue weighted by molar-refractivity contribution is 5.99. The van der Waals surface area contributed by atoms with E-state index in [1.165, 1.54) is 0 Å². The average Bonchev–Trinajstić information content (AvgIpc) is 2.70. The third-order valence-corrected chi connectivity index (χ3v) is 3.87. The summed E-state index contributed by atoms with van der Waals surface area (Å²) >= 11 is 0. The second-order valence-electron chi connectivity index (χ2n) is 5.60. The van der Waals surface area contributed by atoms with Crippen molar-refractivity contribution in [3.05, 3.63) is 60.2 Å². The third kappa shape index (κ3) is 4.47. The van der Waals surface area contributed by atoms with E-state index in [9.17, 15) is 4.79 Å². The molecule has 128 valence electrons. The van der Waals surface area contributed by atoms with E-state index in [4.69, 9.17) is 10.5 Å². The molecule has 0 spiro atoms. The van der Waals surface area contributed by atoms with Crippen LogP contribution < -0.4 is 16.0 Å². The van der Waals surface area contributed by atoms with Crippen LogP contribution in [-0.4, -0.2) is 31.6 Å². The minimum Gasteiger partial charge on any atom is -0.375 e. The van der Waals surface area contributed by atoms with Gasteiger partial charge in [0.2, 0.25) is 5.91 Å². The molecule has 6 heteroatoms. The summed E-state index contributed by atoms with van der Waals surface area (Å²) in [7, 11) is 0. The number of amides is 1. The first kappa shape index (κ1) is 18.3. The number of rotatable bonds is 5. The molecule has 1 atom stereocenters. The summed E-state index contributed by atoms with van der Waals surface area (Å²) in [6.45, 7) is 2.33. The lowest BCUT2D eigenvalue weighted by atomic mass is 10.2. The number of nitrogens with zero attached hydrogens (tertiary/aromatic N) is 1. The summed E-state index contributed by atoms with van der Waals surface area (Å²) in [5.74, 6) is -0.148. The van der Waals surface area contributed by atoms with Crippen LogP contribution >= 0.6 is 12.4 Å². The minimum absolute atomic E-state index is 0. The number of ether oxygens (including phenoxy) is 1. The molecule has 0 aliphatic carbocycles. The van der Waals surface area contributed by atoms with E-state index in [1.54, 1.807) is 0 Å². The Morgan fingerprint density at radius 2 is 1.83 bits per heavy atom. The summed E-state index contributed by atoms with van der Waals surface area (Å²) in [4.78, 5) is 14.0. The molecule has 24 heavy (non-hydrogen) atoms. The summed E-state index contributed by atoms with van der Waals surface area (Å²) in [6, 6.07) is 17.3. The Morgan fingerprint density at radius 1 is 1.12 bits per heavy atom. The van der Waals surface area contributed by atoms with Crippen molar-refractivity contribution in [3.63, 3.8) is 0 Å². The predicted octanol–water partition coefficient (Wildman–Crippen LogP) is 2.41. The number of nitrogens with one attached hydrogen (secondary N) is 1. The van der Waals surface area contributed by atoms with Crippen LogP contribution in [0.25, 0.3) is 0 Å². The molecule has 2 aromatic carbocycles. The molecule has 0 saturated heterocycles. The molecule has 1 unspecified atom stereocenters. The normalized spacial score (nSPS) is 16.6. The zero-order valence-electron chi connectivity index (χ0n) is 13.4. The number of fused-ring (bicyclic) bond motifs is 1. The molecule has 0 aromatic heterocycles. The lowest BCUT2D eigenvalue weighted by molar-refractivity contribution is -0.117. The molecular formula is C18H22ClN3O2. The first-order valence-electron chi connectivity index (χ1n) is 7.76. The SMILES string of the molecule is Cl.NC1CN(CCOCc2ccccc2)c2ccccc2NC1=O. The van der Waals surface area contributed by atoms with Gasteiger partial charge in [0.15, 0.2) is 0 Å². The van der Waals surface area contributed by atoms with E-state index in [2.05, 4.69) is 10.2 Å². The largest absolute Gasteiger partial charge is 0.375 e. The second-order valence-corrected chi connectivity index (χ2v) is 5.60. The Kier molecular flexibility index (Phi) is 6.61. The molecule has 3 N–H and O–H groups in total. The number of hydrogen-bond donors (Lipinski definition) is 2. The number of carbonyl (C=O) groups excluding carboxylic acids is 1. The van der Waals surface area contributed by atoms with Crippen LogP contribution in [0, 0.1) is 0 Å². The standard InChI is InChI=1S/C18H21N3O2.ClH/c19-15-12-21(10-11-23-13-14-6-2-1-3-7-14)17-9-5-4-8-16(17)20-18(15)22;/h1-9,15H,10-13,19H2,(H,20,22);1H. The number of benzene rings is 2. The second kappa shape index (κ2) is 8.68.